The highest BCUT2D eigenvalue weighted by Crippen LogP contribution is 2.27. The molecule has 2 aromatic rings. The fraction of sp³-hybridized carbons (Fsp3) is 0.300. The number of nitrogens with zero attached hydrogens (tertiary/aromatic N) is 2. The number of nitrogens with one attached hydrogen (secondary N) is 1. The second-order valence-corrected chi connectivity index (χ2v) is 6.59. The van der Waals surface area contributed by atoms with Gasteiger partial charge in [0.1, 0.15) is 5.82 Å². The summed E-state index contributed by atoms with van der Waals surface area (Å²) in [7, 11) is 3.73. The van der Waals surface area contributed by atoms with E-state index in [2.05, 4.69) is 5.32 Å². The van der Waals surface area contributed by atoms with E-state index in [1.165, 1.54) is 24.3 Å². The van der Waals surface area contributed by atoms with Crippen LogP contribution >= 0.6 is 0 Å². The average molecular weight is 355 g/mol. The summed E-state index contributed by atoms with van der Waals surface area (Å²) in [6.07, 6.45) is 2.05. The lowest BCUT2D eigenvalue weighted by molar-refractivity contribution is 0.0792. The Bertz CT molecular complexity index is 812. The molecule has 0 atom stereocenters. The van der Waals surface area contributed by atoms with Crippen molar-refractivity contribution in [2.24, 2.45) is 0 Å². The lowest BCUT2D eigenvalue weighted by Crippen LogP contribution is -2.28. The van der Waals surface area contributed by atoms with Crippen molar-refractivity contribution in [2.45, 2.75) is 12.8 Å². The van der Waals surface area contributed by atoms with E-state index in [0.717, 1.165) is 31.6 Å². The second-order valence-electron chi connectivity index (χ2n) is 6.59. The predicted octanol–water partition coefficient (Wildman–Crippen LogP) is 3.38. The van der Waals surface area contributed by atoms with E-state index >= 15 is 0 Å². The first-order chi connectivity index (χ1) is 12.5. The number of halogens is 1. The van der Waals surface area contributed by atoms with Crippen LogP contribution in [0.3, 0.4) is 0 Å². The van der Waals surface area contributed by atoms with Gasteiger partial charge in [-0.1, -0.05) is 0 Å². The third kappa shape index (κ3) is 3.85. The Morgan fingerprint density at radius 2 is 1.62 bits per heavy atom. The molecule has 2 amide bonds. The van der Waals surface area contributed by atoms with Gasteiger partial charge in [-0.3, -0.25) is 9.59 Å². The first kappa shape index (κ1) is 17.9. The molecule has 2 aromatic carbocycles. The Morgan fingerprint density at radius 1 is 1.00 bits per heavy atom. The van der Waals surface area contributed by atoms with Crippen LogP contribution in [-0.2, 0) is 0 Å². The van der Waals surface area contributed by atoms with Crippen molar-refractivity contribution < 1.29 is 14.0 Å². The number of hydrogen-bond donors (Lipinski definition) is 1. The van der Waals surface area contributed by atoms with Crippen LogP contribution in [0.2, 0.25) is 0 Å². The molecule has 1 saturated heterocycles. The zero-order valence-electron chi connectivity index (χ0n) is 15.0. The van der Waals surface area contributed by atoms with Crippen LogP contribution in [0, 0.1) is 5.82 Å². The minimum absolute atomic E-state index is 0.0231. The molecule has 0 bridgehead atoms. The lowest BCUT2D eigenvalue weighted by atomic mass is 10.1. The van der Waals surface area contributed by atoms with Crippen molar-refractivity contribution in [3.8, 4) is 0 Å². The smallest absolute Gasteiger partial charge is 0.255 e. The predicted molar refractivity (Wildman–Crippen MR) is 100 cm³/mol. The van der Waals surface area contributed by atoms with Gasteiger partial charge in [-0.2, -0.15) is 0 Å². The van der Waals surface area contributed by atoms with Crippen LogP contribution in [0.1, 0.15) is 33.6 Å². The first-order valence-electron chi connectivity index (χ1n) is 8.63. The zero-order valence-corrected chi connectivity index (χ0v) is 15.0. The molecule has 1 aliphatic rings. The summed E-state index contributed by atoms with van der Waals surface area (Å²) in [5.74, 6) is -0.766. The summed E-state index contributed by atoms with van der Waals surface area (Å²) >= 11 is 0. The van der Waals surface area contributed by atoms with Gasteiger partial charge in [0.2, 0.25) is 0 Å². The summed E-state index contributed by atoms with van der Waals surface area (Å²) in [6.45, 7) is 1.54. The molecule has 1 fully saturated rings. The van der Waals surface area contributed by atoms with Crippen molar-refractivity contribution in [3.63, 3.8) is 0 Å². The topological polar surface area (TPSA) is 52.7 Å². The SMILES string of the molecule is CN(C)c1ccc(C(=O)N2CCCC2)cc1NC(=O)c1ccc(F)cc1. The van der Waals surface area contributed by atoms with E-state index in [1.807, 2.05) is 30.0 Å². The molecule has 0 aliphatic carbocycles. The molecule has 0 aromatic heterocycles. The van der Waals surface area contributed by atoms with Gasteiger partial charge >= 0.3 is 0 Å². The maximum absolute atomic E-state index is 13.1. The van der Waals surface area contributed by atoms with Gasteiger partial charge in [0.15, 0.2) is 0 Å². The highest BCUT2D eigenvalue weighted by molar-refractivity contribution is 6.07. The van der Waals surface area contributed by atoms with E-state index < -0.39 is 5.82 Å². The molecule has 3 rings (SSSR count). The Hall–Kier alpha value is -2.89. The quantitative estimate of drug-likeness (QED) is 0.915. The number of hydrogen-bond acceptors (Lipinski definition) is 3. The van der Waals surface area contributed by atoms with Crippen LogP contribution in [0.25, 0.3) is 0 Å². The van der Waals surface area contributed by atoms with Crippen LogP contribution in [0.4, 0.5) is 15.8 Å². The second kappa shape index (κ2) is 7.56. The Labute approximate surface area is 152 Å². The largest absolute Gasteiger partial charge is 0.376 e. The van der Waals surface area contributed by atoms with E-state index in [-0.39, 0.29) is 11.8 Å². The van der Waals surface area contributed by atoms with Crippen molar-refractivity contribution >= 4 is 23.2 Å². The molecule has 1 aliphatic heterocycles. The monoisotopic (exact) mass is 355 g/mol. The Morgan fingerprint density at radius 3 is 2.23 bits per heavy atom. The van der Waals surface area contributed by atoms with Gasteiger partial charge in [-0.15, -0.1) is 0 Å². The fourth-order valence-electron chi connectivity index (χ4n) is 3.06. The highest BCUT2D eigenvalue weighted by atomic mass is 19.1. The Balaban J connectivity index is 1.87. The molecular formula is C20H22FN3O2. The van der Waals surface area contributed by atoms with Crippen molar-refractivity contribution in [1.82, 2.24) is 4.90 Å². The number of benzene rings is 2. The summed E-state index contributed by atoms with van der Waals surface area (Å²) in [5.41, 5.74) is 2.24. The van der Waals surface area contributed by atoms with Crippen molar-refractivity contribution in [1.29, 1.82) is 0 Å². The minimum Gasteiger partial charge on any atom is -0.376 e. The summed E-state index contributed by atoms with van der Waals surface area (Å²) < 4.78 is 13.1. The number of carbonyl (C=O) groups is 2. The molecule has 0 radical (unpaired) electrons. The van der Waals surface area contributed by atoms with Gasteiger partial charge in [-0.25, -0.2) is 4.39 Å². The van der Waals surface area contributed by atoms with Gasteiger partial charge in [0, 0.05) is 38.3 Å². The number of rotatable bonds is 4. The van der Waals surface area contributed by atoms with Crippen LogP contribution < -0.4 is 10.2 Å². The van der Waals surface area contributed by atoms with E-state index in [9.17, 15) is 14.0 Å². The average Bonchev–Trinajstić information content (AvgIpc) is 3.16. The van der Waals surface area contributed by atoms with Crippen LogP contribution in [0.5, 0.6) is 0 Å². The highest BCUT2D eigenvalue weighted by Gasteiger charge is 2.21. The lowest BCUT2D eigenvalue weighted by Gasteiger charge is -2.21. The normalized spacial score (nSPS) is 13.6. The molecule has 0 saturated carbocycles. The van der Waals surface area contributed by atoms with Crippen molar-refractivity contribution in [2.75, 3.05) is 37.4 Å². The maximum atomic E-state index is 13.1. The number of anilines is 2. The number of likely N-dealkylation sites (tertiary alicyclic amines) is 1. The Kier molecular flexibility index (Phi) is 5.21. The van der Waals surface area contributed by atoms with Gasteiger partial charge < -0.3 is 15.1 Å². The molecule has 26 heavy (non-hydrogen) atoms. The van der Waals surface area contributed by atoms with E-state index in [0.29, 0.717) is 16.8 Å². The molecule has 6 heteroatoms. The fourth-order valence-corrected chi connectivity index (χ4v) is 3.06. The summed E-state index contributed by atoms with van der Waals surface area (Å²) in [4.78, 5) is 28.8. The number of amides is 2. The molecule has 0 spiro atoms. The molecule has 0 unspecified atom stereocenters. The van der Waals surface area contributed by atoms with Gasteiger partial charge in [-0.05, 0) is 55.3 Å². The molecule has 1 N–H and O–H groups in total. The van der Waals surface area contributed by atoms with Gasteiger partial charge in [0.05, 0.1) is 11.4 Å². The molecule has 136 valence electrons. The summed E-state index contributed by atoms with van der Waals surface area (Å²) in [6, 6.07) is 10.7. The minimum atomic E-state index is -0.395. The van der Waals surface area contributed by atoms with Crippen molar-refractivity contribution in [3.05, 3.63) is 59.4 Å². The standard InChI is InChI=1S/C20H22FN3O2/c1-23(2)18-10-7-15(20(26)24-11-3-4-12-24)13-17(18)22-19(25)14-5-8-16(21)9-6-14/h5-10,13H,3-4,11-12H2,1-2H3,(H,22,25). The third-order valence-electron chi connectivity index (χ3n) is 4.47. The molecule has 5 nitrogen and oxygen atoms in total. The molecule has 1 heterocycles. The van der Waals surface area contributed by atoms with Crippen LogP contribution in [-0.4, -0.2) is 43.9 Å². The van der Waals surface area contributed by atoms with Gasteiger partial charge in [0.25, 0.3) is 11.8 Å². The van der Waals surface area contributed by atoms with Crippen LogP contribution in [0.15, 0.2) is 42.5 Å². The maximum Gasteiger partial charge on any atom is 0.255 e. The van der Waals surface area contributed by atoms with E-state index in [4.69, 9.17) is 0 Å². The summed E-state index contributed by atoms with van der Waals surface area (Å²) in [5, 5.41) is 2.84. The number of carbonyl (C=O) groups excluding carboxylic acids is 2. The first-order valence-corrected chi connectivity index (χ1v) is 8.63. The third-order valence-corrected chi connectivity index (χ3v) is 4.47. The zero-order chi connectivity index (χ0) is 18.7. The molecular weight excluding hydrogens is 333 g/mol. The van der Waals surface area contributed by atoms with E-state index in [1.54, 1.807) is 12.1 Å².